The lowest BCUT2D eigenvalue weighted by molar-refractivity contribution is 0.0524. The van der Waals surface area contributed by atoms with Crippen LogP contribution in [-0.4, -0.2) is 22.2 Å². The second-order valence-corrected chi connectivity index (χ2v) is 6.20. The molecule has 1 N–H and O–H groups in total. The molecule has 0 bridgehead atoms. The number of phenols is 1. The number of aryl methyl sites for hydroxylation is 1. The molecule has 0 aliphatic heterocycles. The number of nitrogens with zero attached hydrogens (tertiary/aromatic N) is 1. The number of phenolic OH excluding ortho intramolecular Hbond substituents is 1. The molecule has 0 aliphatic carbocycles. The van der Waals surface area contributed by atoms with E-state index in [9.17, 15) is 9.90 Å². The van der Waals surface area contributed by atoms with Crippen LogP contribution in [0, 0.1) is 0 Å². The summed E-state index contributed by atoms with van der Waals surface area (Å²) in [6.07, 6.45) is 0. The molecule has 4 heteroatoms. The lowest BCUT2D eigenvalue weighted by Gasteiger charge is -2.13. The third-order valence-corrected chi connectivity index (χ3v) is 4.74. The van der Waals surface area contributed by atoms with Crippen LogP contribution >= 0.6 is 0 Å². The molecular weight excluding hydrogens is 326 g/mol. The Balaban J connectivity index is 2.16. The number of hydrogen-bond donors (Lipinski definition) is 1. The largest absolute Gasteiger partial charge is 0.506 e. The van der Waals surface area contributed by atoms with Crippen molar-refractivity contribution in [3.8, 4) is 16.9 Å². The standard InChI is InChI=1S/C22H19NO3/c1-3-26-22(25)20-16(14-9-5-4-6-10-14)13-18-19(21(20)24)15-11-7-8-12-17(15)23(18)2/h4-13,24H,3H2,1-2H3. The van der Waals surface area contributed by atoms with E-state index in [0.29, 0.717) is 10.9 Å². The number of carbonyl (C=O) groups is 1. The first-order valence-corrected chi connectivity index (χ1v) is 8.59. The maximum absolute atomic E-state index is 12.7. The zero-order chi connectivity index (χ0) is 18.3. The van der Waals surface area contributed by atoms with Gasteiger partial charge in [-0.15, -0.1) is 0 Å². The second kappa shape index (κ2) is 6.23. The third-order valence-electron chi connectivity index (χ3n) is 4.74. The molecule has 0 radical (unpaired) electrons. The van der Waals surface area contributed by atoms with Gasteiger partial charge in [0.25, 0.3) is 0 Å². The maximum Gasteiger partial charge on any atom is 0.342 e. The number of hydrogen-bond acceptors (Lipinski definition) is 3. The third kappa shape index (κ3) is 2.34. The van der Waals surface area contributed by atoms with Gasteiger partial charge < -0.3 is 14.4 Å². The van der Waals surface area contributed by atoms with Gasteiger partial charge in [0.1, 0.15) is 11.3 Å². The van der Waals surface area contributed by atoms with Gasteiger partial charge >= 0.3 is 5.97 Å². The lowest BCUT2D eigenvalue weighted by atomic mass is 9.96. The molecular formula is C22H19NO3. The Labute approximate surface area is 151 Å². The monoisotopic (exact) mass is 345 g/mol. The molecule has 26 heavy (non-hydrogen) atoms. The Bertz CT molecular complexity index is 1130. The van der Waals surface area contributed by atoms with Gasteiger partial charge in [-0.1, -0.05) is 48.5 Å². The number of ether oxygens (including phenoxy) is 1. The molecule has 3 aromatic carbocycles. The summed E-state index contributed by atoms with van der Waals surface area (Å²) in [5.41, 5.74) is 3.60. The first-order chi connectivity index (χ1) is 12.6. The van der Waals surface area contributed by atoms with Crippen LogP contribution in [0.5, 0.6) is 5.75 Å². The molecule has 1 aromatic heterocycles. The zero-order valence-corrected chi connectivity index (χ0v) is 14.7. The summed E-state index contributed by atoms with van der Waals surface area (Å²) in [7, 11) is 1.96. The SMILES string of the molecule is CCOC(=O)c1c(-c2ccccc2)cc2c(c1O)c1ccccc1n2C. The summed E-state index contributed by atoms with van der Waals surface area (Å²) in [4.78, 5) is 12.7. The molecule has 130 valence electrons. The first-order valence-electron chi connectivity index (χ1n) is 8.59. The van der Waals surface area contributed by atoms with Crippen molar-refractivity contribution in [3.05, 3.63) is 66.2 Å². The van der Waals surface area contributed by atoms with E-state index in [4.69, 9.17) is 4.74 Å². The van der Waals surface area contributed by atoms with Crippen LogP contribution in [0.1, 0.15) is 17.3 Å². The van der Waals surface area contributed by atoms with Crippen molar-refractivity contribution in [2.45, 2.75) is 6.92 Å². The molecule has 0 spiro atoms. The number of carbonyl (C=O) groups excluding carboxylic acids is 1. The molecule has 4 nitrogen and oxygen atoms in total. The van der Waals surface area contributed by atoms with E-state index in [0.717, 1.165) is 22.0 Å². The first kappa shape index (κ1) is 16.2. The van der Waals surface area contributed by atoms with E-state index in [-0.39, 0.29) is 17.9 Å². The summed E-state index contributed by atoms with van der Waals surface area (Å²) >= 11 is 0. The van der Waals surface area contributed by atoms with Crippen molar-refractivity contribution >= 4 is 27.8 Å². The predicted molar refractivity (Wildman–Crippen MR) is 103 cm³/mol. The van der Waals surface area contributed by atoms with Gasteiger partial charge in [-0.05, 0) is 24.6 Å². The normalized spacial score (nSPS) is 11.2. The van der Waals surface area contributed by atoms with Crippen molar-refractivity contribution in [2.75, 3.05) is 6.61 Å². The highest BCUT2D eigenvalue weighted by atomic mass is 16.5. The van der Waals surface area contributed by atoms with Gasteiger partial charge in [0.2, 0.25) is 0 Å². The van der Waals surface area contributed by atoms with Crippen LogP contribution < -0.4 is 0 Å². The van der Waals surface area contributed by atoms with Gasteiger partial charge in [-0.3, -0.25) is 0 Å². The quantitative estimate of drug-likeness (QED) is 0.538. The zero-order valence-electron chi connectivity index (χ0n) is 14.7. The molecule has 0 aliphatic rings. The number of aromatic hydroxyl groups is 1. The highest BCUT2D eigenvalue weighted by Crippen LogP contribution is 2.42. The fourth-order valence-electron chi connectivity index (χ4n) is 3.55. The number of rotatable bonds is 3. The fourth-order valence-corrected chi connectivity index (χ4v) is 3.55. The molecule has 0 saturated heterocycles. The smallest absolute Gasteiger partial charge is 0.342 e. The van der Waals surface area contributed by atoms with E-state index in [2.05, 4.69) is 0 Å². The van der Waals surface area contributed by atoms with Gasteiger partial charge in [-0.2, -0.15) is 0 Å². The topological polar surface area (TPSA) is 51.5 Å². The number of para-hydroxylation sites is 1. The fraction of sp³-hybridized carbons (Fsp3) is 0.136. The van der Waals surface area contributed by atoms with Crippen molar-refractivity contribution in [1.82, 2.24) is 4.57 Å². The number of aromatic nitrogens is 1. The molecule has 0 fully saturated rings. The number of esters is 1. The average Bonchev–Trinajstić information content (AvgIpc) is 2.95. The van der Waals surface area contributed by atoms with Gasteiger partial charge in [0, 0.05) is 23.5 Å². The minimum atomic E-state index is -0.515. The maximum atomic E-state index is 12.7. The molecule has 0 atom stereocenters. The predicted octanol–water partition coefficient (Wildman–Crippen LogP) is 4.88. The van der Waals surface area contributed by atoms with Crippen LogP contribution in [0.4, 0.5) is 0 Å². The lowest BCUT2D eigenvalue weighted by Crippen LogP contribution is -2.07. The molecule has 4 aromatic rings. The van der Waals surface area contributed by atoms with Gasteiger partial charge in [0.05, 0.1) is 17.5 Å². The number of fused-ring (bicyclic) bond motifs is 3. The molecule has 1 heterocycles. The Morgan fingerprint density at radius 2 is 1.73 bits per heavy atom. The van der Waals surface area contributed by atoms with Crippen LogP contribution in [0.2, 0.25) is 0 Å². The molecule has 0 amide bonds. The minimum Gasteiger partial charge on any atom is -0.506 e. The van der Waals surface area contributed by atoms with E-state index < -0.39 is 5.97 Å². The van der Waals surface area contributed by atoms with E-state index in [1.54, 1.807) is 6.92 Å². The van der Waals surface area contributed by atoms with Crippen LogP contribution in [0.3, 0.4) is 0 Å². The molecule has 0 unspecified atom stereocenters. The van der Waals surface area contributed by atoms with Crippen LogP contribution in [0.25, 0.3) is 32.9 Å². The summed E-state index contributed by atoms with van der Waals surface area (Å²) in [6, 6.07) is 19.4. The van der Waals surface area contributed by atoms with Crippen molar-refractivity contribution in [1.29, 1.82) is 0 Å². The van der Waals surface area contributed by atoms with Crippen molar-refractivity contribution in [3.63, 3.8) is 0 Å². The van der Waals surface area contributed by atoms with E-state index in [1.807, 2.05) is 72.3 Å². The Kier molecular flexibility index (Phi) is 3.88. The Hall–Kier alpha value is -3.27. The van der Waals surface area contributed by atoms with Crippen molar-refractivity contribution < 1.29 is 14.6 Å². The van der Waals surface area contributed by atoms with Crippen LogP contribution in [0.15, 0.2) is 60.7 Å². The summed E-state index contributed by atoms with van der Waals surface area (Å²) in [5.74, 6) is -0.546. The molecule has 0 saturated carbocycles. The minimum absolute atomic E-state index is 0.0309. The summed E-state index contributed by atoms with van der Waals surface area (Å²) < 4.78 is 7.27. The van der Waals surface area contributed by atoms with Gasteiger partial charge in [-0.25, -0.2) is 4.79 Å². The highest BCUT2D eigenvalue weighted by molar-refractivity contribution is 6.17. The average molecular weight is 345 g/mol. The van der Waals surface area contributed by atoms with E-state index in [1.165, 1.54) is 0 Å². The van der Waals surface area contributed by atoms with Crippen LogP contribution in [-0.2, 0) is 11.8 Å². The Morgan fingerprint density at radius 1 is 1.04 bits per heavy atom. The highest BCUT2D eigenvalue weighted by Gasteiger charge is 2.24. The van der Waals surface area contributed by atoms with E-state index >= 15 is 0 Å². The molecule has 4 rings (SSSR count). The second-order valence-electron chi connectivity index (χ2n) is 6.20. The Morgan fingerprint density at radius 3 is 2.46 bits per heavy atom. The van der Waals surface area contributed by atoms with Gasteiger partial charge in [0.15, 0.2) is 0 Å². The van der Waals surface area contributed by atoms with Crippen molar-refractivity contribution in [2.24, 2.45) is 7.05 Å². The summed E-state index contributed by atoms with van der Waals surface area (Å²) in [5, 5.41) is 12.7. The summed E-state index contributed by atoms with van der Waals surface area (Å²) in [6.45, 7) is 2.01. The number of benzene rings is 3.